The highest BCUT2D eigenvalue weighted by Gasteiger charge is 2.29. The van der Waals surface area contributed by atoms with Gasteiger partial charge in [-0.15, -0.1) is 0 Å². The summed E-state index contributed by atoms with van der Waals surface area (Å²) in [6, 6.07) is 15.7. The summed E-state index contributed by atoms with van der Waals surface area (Å²) in [4.78, 5) is 12.5. The van der Waals surface area contributed by atoms with Gasteiger partial charge < -0.3 is 15.2 Å². The number of fused-ring (bicyclic) bond motifs is 1. The van der Waals surface area contributed by atoms with Crippen LogP contribution in [-0.2, 0) is 11.3 Å². The molecule has 0 radical (unpaired) electrons. The Morgan fingerprint density at radius 1 is 1.28 bits per heavy atom. The Morgan fingerprint density at radius 2 is 2.00 bits per heavy atom. The van der Waals surface area contributed by atoms with Crippen molar-refractivity contribution in [3.8, 4) is 5.75 Å². The van der Waals surface area contributed by atoms with Gasteiger partial charge in [0.25, 0.3) is 0 Å². The minimum absolute atomic E-state index is 0.00870. The number of para-hydroxylation sites is 2. The number of benzene rings is 2. The van der Waals surface area contributed by atoms with Crippen LogP contribution in [0.1, 0.15) is 23.2 Å². The minimum Gasteiger partial charge on any atom is -0.489 e. The summed E-state index contributed by atoms with van der Waals surface area (Å²) in [7, 11) is 0. The van der Waals surface area contributed by atoms with Gasteiger partial charge in [0.15, 0.2) is 12.0 Å². The summed E-state index contributed by atoms with van der Waals surface area (Å²) in [5, 5.41) is 20.2. The first kappa shape index (κ1) is 19.1. The van der Waals surface area contributed by atoms with Gasteiger partial charge in [0, 0.05) is 0 Å². The number of anilines is 1. The number of nitrogens with zero attached hydrogens (tertiary/aromatic N) is 2. The van der Waals surface area contributed by atoms with Crippen molar-refractivity contribution in [2.24, 2.45) is 0 Å². The first-order chi connectivity index (χ1) is 14.0. The van der Waals surface area contributed by atoms with Crippen LogP contribution in [-0.4, -0.2) is 33.4 Å². The molecule has 1 aliphatic rings. The van der Waals surface area contributed by atoms with Gasteiger partial charge >= 0.3 is 0 Å². The summed E-state index contributed by atoms with van der Waals surface area (Å²) in [6.45, 7) is 1.96. The number of halogens is 1. The molecule has 0 fully saturated rings. The second-order valence-electron chi connectivity index (χ2n) is 6.85. The van der Waals surface area contributed by atoms with E-state index in [1.807, 2.05) is 30.3 Å². The second-order valence-corrected chi connectivity index (χ2v) is 6.85. The first-order valence-electron chi connectivity index (χ1n) is 9.26. The van der Waals surface area contributed by atoms with Gasteiger partial charge in [-0.1, -0.05) is 42.5 Å². The quantitative estimate of drug-likeness (QED) is 0.576. The third-order valence-corrected chi connectivity index (χ3v) is 4.82. The average molecular weight is 396 g/mol. The van der Waals surface area contributed by atoms with Gasteiger partial charge in [0.2, 0.25) is 5.91 Å². The van der Waals surface area contributed by atoms with E-state index in [4.69, 9.17) is 4.74 Å². The molecule has 0 saturated heterocycles. The lowest BCUT2D eigenvalue weighted by atomic mass is 10.2. The van der Waals surface area contributed by atoms with Crippen LogP contribution in [0.3, 0.4) is 0 Å². The van der Waals surface area contributed by atoms with Crippen LogP contribution in [0.15, 0.2) is 54.6 Å². The Hall–Kier alpha value is -3.23. The SMILES string of the molecule is Cc1c(F)c(C(O)N[C@H]2COc3ccccc3NC2=O)nn1Cc1ccccc1. The fourth-order valence-electron chi connectivity index (χ4n) is 3.19. The van der Waals surface area contributed by atoms with E-state index in [1.54, 1.807) is 31.2 Å². The Morgan fingerprint density at radius 3 is 2.79 bits per heavy atom. The maximum absolute atomic E-state index is 14.7. The molecule has 1 aliphatic heterocycles. The van der Waals surface area contributed by atoms with Gasteiger partial charge in [0.1, 0.15) is 24.1 Å². The Bertz CT molecular complexity index is 1020. The molecule has 7 nitrogen and oxygen atoms in total. The predicted molar refractivity (Wildman–Crippen MR) is 105 cm³/mol. The Balaban J connectivity index is 1.49. The number of hydrogen-bond donors (Lipinski definition) is 3. The summed E-state index contributed by atoms with van der Waals surface area (Å²) in [6.07, 6.45) is -1.47. The highest BCUT2D eigenvalue weighted by atomic mass is 19.1. The fourth-order valence-corrected chi connectivity index (χ4v) is 3.19. The van der Waals surface area contributed by atoms with Gasteiger partial charge in [-0.05, 0) is 24.6 Å². The van der Waals surface area contributed by atoms with E-state index in [2.05, 4.69) is 15.7 Å². The van der Waals surface area contributed by atoms with Gasteiger partial charge in [0.05, 0.1) is 17.9 Å². The lowest BCUT2D eigenvalue weighted by Crippen LogP contribution is -2.45. The molecule has 1 amide bonds. The number of nitrogens with one attached hydrogen (secondary N) is 2. The van der Waals surface area contributed by atoms with Gasteiger partial charge in [-0.25, -0.2) is 4.39 Å². The zero-order chi connectivity index (χ0) is 20.4. The van der Waals surface area contributed by atoms with E-state index >= 15 is 0 Å². The minimum atomic E-state index is -1.47. The largest absolute Gasteiger partial charge is 0.489 e. The molecule has 1 unspecified atom stereocenters. The molecular formula is C21H21FN4O3. The number of carbonyl (C=O) groups is 1. The monoisotopic (exact) mass is 396 g/mol. The Kier molecular flexibility index (Phi) is 5.28. The molecule has 2 heterocycles. The number of aliphatic hydroxyl groups is 1. The summed E-state index contributed by atoms with van der Waals surface area (Å²) >= 11 is 0. The van der Waals surface area contributed by atoms with Crippen LogP contribution in [0.4, 0.5) is 10.1 Å². The number of amides is 1. The Labute approximate surface area is 167 Å². The number of aromatic nitrogens is 2. The van der Waals surface area contributed by atoms with E-state index < -0.39 is 18.1 Å². The third-order valence-electron chi connectivity index (χ3n) is 4.82. The lowest BCUT2D eigenvalue weighted by Gasteiger charge is -2.18. The van der Waals surface area contributed by atoms with Crippen LogP contribution in [0.5, 0.6) is 5.75 Å². The van der Waals surface area contributed by atoms with Crippen LogP contribution in [0, 0.1) is 12.7 Å². The molecule has 0 aliphatic carbocycles. The molecule has 4 rings (SSSR count). The molecule has 0 saturated carbocycles. The highest BCUT2D eigenvalue weighted by Crippen LogP contribution is 2.27. The maximum Gasteiger partial charge on any atom is 0.245 e. The van der Waals surface area contributed by atoms with Crippen LogP contribution in [0.25, 0.3) is 0 Å². The molecule has 0 bridgehead atoms. The molecule has 150 valence electrons. The molecular weight excluding hydrogens is 375 g/mol. The van der Waals surface area contributed by atoms with Crippen molar-refractivity contribution >= 4 is 11.6 Å². The molecule has 2 aromatic carbocycles. The van der Waals surface area contributed by atoms with Crippen LogP contribution < -0.4 is 15.4 Å². The molecule has 2 atom stereocenters. The first-order valence-corrected chi connectivity index (χ1v) is 9.26. The van der Waals surface area contributed by atoms with Crippen molar-refractivity contribution in [2.75, 3.05) is 11.9 Å². The van der Waals surface area contributed by atoms with E-state index in [-0.39, 0.29) is 18.2 Å². The normalized spacial score (nSPS) is 17.1. The zero-order valence-electron chi connectivity index (χ0n) is 15.8. The number of aliphatic hydroxyl groups excluding tert-OH is 1. The van der Waals surface area contributed by atoms with Crippen molar-refractivity contribution in [2.45, 2.75) is 25.7 Å². The van der Waals surface area contributed by atoms with E-state index in [0.717, 1.165) is 5.56 Å². The summed E-state index contributed by atoms with van der Waals surface area (Å²) in [5.74, 6) is -0.456. The van der Waals surface area contributed by atoms with Crippen LogP contribution >= 0.6 is 0 Å². The van der Waals surface area contributed by atoms with E-state index in [0.29, 0.717) is 23.7 Å². The number of carbonyl (C=O) groups excluding carboxylic acids is 1. The van der Waals surface area contributed by atoms with Crippen molar-refractivity contribution in [1.29, 1.82) is 0 Å². The average Bonchev–Trinajstić information content (AvgIpc) is 2.91. The maximum atomic E-state index is 14.7. The van der Waals surface area contributed by atoms with Crippen molar-refractivity contribution in [1.82, 2.24) is 15.1 Å². The van der Waals surface area contributed by atoms with Crippen molar-refractivity contribution < 1.29 is 19.0 Å². The number of ether oxygens (including phenoxy) is 1. The standard InChI is InChI=1S/C21H21FN4O3/c1-13-18(22)19(25-26(13)11-14-7-3-2-4-8-14)21(28)24-16-12-29-17-10-6-5-9-15(17)23-20(16)27/h2-10,16,21,24,28H,11-12H2,1H3,(H,23,27)/t16-,21?/m0/s1. The highest BCUT2D eigenvalue weighted by molar-refractivity contribution is 5.96. The molecule has 29 heavy (non-hydrogen) atoms. The van der Waals surface area contributed by atoms with E-state index in [9.17, 15) is 14.3 Å². The zero-order valence-corrected chi connectivity index (χ0v) is 15.8. The van der Waals surface area contributed by atoms with Crippen molar-refractivity contribution in [3.05, 3.63) is 77.4 Å². The topological polar surface area (TPSA) is 88.4 Å². The number of hydrogen-bond acceptors (Lipinski definition) is 5. The van der Waals surface area contributed by atoms with Gasteiger partial charge in [-0.2, -0.15) is 5.10 Å². The predicted octanol–water partition coefficient (Wildman–Crippen LogP) is 2.36. The second kappa shape index (κ2) is 8.02. The summed E-state index contributed by atoms with van der Waals surface area (Å²) < 4.78 is 21.8. The summed E-state index contributed by atoms with van der Waals surface area (Å²) in [5.41, 5.74) is 1.65. The van der Waals surface area contributed by atoms with Crippen molar-refractivity contribution in [3.63, 3.8) is 0 Å². The third kappa shape index (κ3) is 3.98. The molecule has 3 N–H and O–H groups in total. The molecule has 0 spiro atoms. The fraction of sp³-hybridized carbons (Fsp3) is 0.238. The smallest absolute Gasteiger partial charge is 0.245 e. The van der Waals surface area contributed by atoms with Gasteiger partial charge in [-0.3, -0.25) is 14.8 Å². The molecule has 1 aromatic heterocycles. The molecule has 3 aromatic rings. The molecule has 8 heteroatoms. The number of rotatable bonds is 5. The lowest BCUT2D eigenvalue weighted by molar-refractivity contribution is -0.119. The van der Waals surface area contributed by atoms with E-state index in [1.165, 1.54) is 4.68 Å². The van der Waals surface area contributed by atoms with Crippen LogP contribution in [0.2, 0.25) is 0 Å².